The molecule has 0 bridgehead atoms. The quantitative estimate of drug-likeness (QED) is 0.871. The summed E-state index contributed by atoms with van der Waals surface area (Å²) in [6.45, 7) is 2.64. The van der Waals surface area contributed by atoms with E-state index in [1.54, 1.807) is 12.1 Å². The van der Waals surface area contributed by atoms with E-state index in [9.17, 15) is 4.39 Å². The van der Waals surface area contributed by atoms with Crippen molar-refractivity contribution in [3.8, 4) is 0 Å². The molecule has 98 valence electrons. The van der Waals surface area contributed by atoms with Crippen LogP contribution in [0.4, 0.5) is 15.9 Å². The fourth-order valence-corrected chi connectivity index (χ4v) is 1.95. The van der Waals surface area contributed by atoms with Crippen LogP contribution in [-0.2, 0) is 0 Å². The highest BCUT2D eigenvalue weighted by atomic mass is 32.1. The van der Waals surface area contributed by atoms with Crippen molar-refractivity contribution in [2.24, 2.45) is 5.73 Å². The molecule has 1 aromatic carbocycles. The Hall–Kier alpha value is -2.01. The number of pyridine rings is 1. The highest BCUT2D eigenvalue weighted by molar-refractivity contribution is 7.80. The average Bonchev–Trinajstić information content (AvgIpc) is 2.40. The fraction of sp³-hybridized carbons (Fsp3) is 0.143. The van der Waals surface area contributed by atoms with Gasteiger partial charge < -0.3 is 10.6 Å². The summed E-state index contributed by atoms with van der Waals surface area (Å²) in [5.74, 6) is 0.417. The molecule has 1 aromatic heterocycles. The van der Waals surface area contributed by atoms with Gasteiger partial charge in [-0.1, -0.05) is 24.4 Å². The average molecular weight is 275 g/mol. The zero-order chi connectivity index (χ0) is 13.8. The molecule has 0 saturated carbocycles. The third-order valence-corrected chi connectivity index (χ3v) is 2.91. The van der Waals surface area contributed by atoms with Crippen molar-refractivity contribution in [2.45, 2.75) is 6.92 Å². The van der Waals surface area contributed by atoms with Gasteiger partial charge in [-0.2, -0.15) is 0 Å². The summed E-state index contributed by atoms with van der Waals surface area (Å²) < 4.78 is 13.3. The maximum atomic E-state index is 13.3. The number of aromatic nitrogens is 1. The van der Waals surface area contributed by atoms with Gasteiger partial charge in [0.25, 0.3) is 0 Å². The van der Waals surface area contributed by atoms with Gasteiger partial charge in [0.15, 0.2) is 0 Å². The van der Waals surface area contributed by atoms with Gasteiger partial charge in [-0.25, -0.2) is 9.37 Å². The van der Waals surface area contributed by atoms with Gasteiger partial charge in [-0.3, -0.25) is 0 Å². The van der Waals surface area contributed by atoms with E-state index in [2.05, 4.69) is 4.98 Å². The van der Waals surface area contributed by atoms with E-state index >= 15 is 0 Å². The molecule has 2 rings (SSSR count). The summed E-state index contributed by atoms with van der Waals surface area (Å²) in [5.41, 5.74) is 6.88. The van der Waals surface area contributed by atoms with Crippen LogP contribution < -0.4 is 10.6 Å². The minimum atomic E-state index is -0.276. The molecule has 5 heteroatoms. The minimum Gasteiger partial charge on any atom is -0.388 e. The van der Waals surface area contributed by atoms with Crippen LogP contribution in [0.1, 0.15) is 12.6 Å². The van der Waals surface area contributed by atoms with Crippen molar-refractivity contribution in [2.75, 3.05) is 11.4 Å². The van der Waals surface area contributed by atoms with Gasteiger partial charge >= 0.3 is 0 Å². The number of rotatable bonds is 4. The number of benzene rings is 1. The molecule has 1 heterocycles. The van der Waals surface area contributed by atoms with Crippen LogP contribution in [0.25, 0.3) is 0 Å². The van der Waals surface area contributed by atoms with Crippen LogP contribution in [0.3, 0.4) is 0 Å². The SMILES string of the molecule is CCN(c1cccc(F)c1)c1cccc(C(N)=S)n1. The molecule has 3 nitrogen and oxygen atoms in total. The third kappa shape index (κ3) is 3.06. The van der Waals surface area contributed by atoms with Crippen LogP contribution in [0.2, 0.25) is 0 Å². The molecule has 0 spiro atoms. The van der Waals surface area contributed by atoms with Crippen molar-refractivity contribution < 1.29 is 4.39 Å². The first-order chi connectivity index (χ1) is 9.11. The first kappa shape index (κ1) is 13.4. The van der Waals surface area contributed by atoms with Crippen molar-refractivity contribution in [3.05, 3.63) is 54.0 Å². The molecule has 0 unspecified atom stereocenters. The topological polar surface area (TPSA) is 42.1 Å². The summed E-state index contributed by atoms with van der Waals surface area (Å²) in [4.78, 5) is 6.53. The molecule has 0 radical (unpaired) electrons. The lowest BCUT2D eigenvalue weighted by Gasteiger charge is -2.22. The maximum absolute atomic E-state index is 13.3. The predicted molar refractivity (Wildman–Crippen MR) is 79.2 cm³/mol. The van der Waals surface area contributed by atoms with Crippen molar-refractivity contribution in [3.63, 3.8) is 0 Å². The number of anilines is 2. The maximum Gasteiger partial charge on any atom is 0.133 e. The lowest BCUT2D eigenvalue weighted by atomic mass is 10.2. The van der Waals surface area contributed by atoms with Gasteiger partial charge in [-0.15, -0.1) is 0 Å². The Morgan fingerprint density at radius 3 is 2.68 bits per heavy atom. The second-order valence-corrected chi connectivity index (χ2v) is 4.41. The Balaban J connectivity index is 2.42. The number of thiocarbonyl (C=S) groups is 1. The van der Waals surface area contributed by atoms with Gasteiger partial charge in [-0.05, 0) is 37.3 Å². The largest absolute Gasteiger partial charge is 0.388 e. The number of halogens is 1. The zero-order valence-corrected chi connectivity index (χ0v) is 11.3. The Bertz CT molecular complexity index is 601. The van der Waals surface area contributed by atoms with E-state index < -0.39 is 0 Å². The standard InChI is InChI=1S/C14H14FN3S/c1-2-18(11-6-3-5-10(15)9-11)13-8-4-7-12(17-13)14(16)19/h3-9H,2H2,1H3,(H2,16,19). The smallest absolute Gasteiger partial charge is 0.133 e. The van der Waals surface area contributed by atoms with Crippen LogP contribution in [0.15, 0.2) is 42.5 Å². The molecule has 0 saturated heterocycles. The second-order valence-electron chi connectivity index (χ2n) is 3.97. The molecule has 2 N–H and O–H groups in total. The minimum absolute atomic E-state index is 0.247. The number of nitrogens with zero attached hydrogens (tertiary/aromatic N) is 2. The van der Waals surface area contributed by atoms with Crippen molar-refractivity contribution in [1.82, 2.24) is 4.98 Å². The third-order valence-electron chi connectivity index (χ3n) is 2.70. The molecule has 0 atom stereocenters. The van der Waals surface area contributed by atoms with Crippen molar-refractivity contribution in [1.29, 1.82) is 0 Å². The highest BCUT2D eigenvalue weighted by Crippen LogP contribution is 2.23. The summed E-state index contributed by atoms with van der Waals surface area (Å²) in [5, 5.41) is 0. The lowest BCUT2D eigenvalue weighted by Crippen LogP contribution is -2.19. The molecule has 0 fully saturated rings. The van der Waals surface area contributed by atoms with E-state index in [0.29, 0.717) is 18.1 Å². The number of nitrogens with two attached hydrogens (primary N) is 1. The molecule has 0 aliphatic rings. The fourth-order valence-electron chi connectivity index (χ4n) is 1.83. The monoisotopic (exact) mass is 275 g/mol. The lowest BCUT2D eigenvalue weighted by molar-refractivity contribution is 0.627. The molecule has 0 aliphatic carbocycles. The van der Waals surface area contributed by atoms with Gasteiger partial charge in [0.2, 0.25) is 0 Å². The number of hydrogen-bond donors (Lipinski definition) is 1. The zero-order valence-electron chi connectivity index (χ0n) is 10.5. The number of hydrogen-bond acceptors (Lipinski definition) is 3. The Morgan fingerprint density at radius 1 is 1.32 bits per heavy atom. The summed E-state index contributed by atoms with van der Waals surface area (Å²) in [6.07, 6.45) is 0. The molecule has 2 aromatic rings. The highest BCUT2D eigenvalue weighted by Gasteiger charge is 2.10. The van der Waals surface area contributed by atoms with Crippen LogP contribution in [0.5, 0.6) is 0 Å². The van der Waals surface area contributed by atoms with Gasteiger partial charge in [0.05, 0.1) is 5.69 Å². The van der Waals surface area contributed by atoms with Crippen LogP contribution in [-0.4, -0.2) is 16.5 Å². The van der Waals surface area contributed by atoms with E-state index in [-0.39, 0.29) is 10.8 Å². The Kier molecular flexibility index (Phi) is 4.06. The van der Waals surface area contributed by atoms with E-state index in [1.165, 1.54) is 12.1 Å². The summed E-state index contributed by atoms with van der Waals surface area (Å²) >= 11 is 4.92. The molecule has 0 amide bonds. The second kappa shape index (κ2) is 5.75. The predicted octanol–water partition coefficient (Wildman–Crippen LogP) is 3.01. The molecule has 0 aliphatic heterocycles. The van der Waals surface area contributed by atoms with Crippen LogP contribution in [0, 0.1) is 5.82 Å². The van der Waals surface area contributed by atoms with E-state index in [4.69, 9.17) is 18.0 Å². The van der Waals surface area contributed by atoms with Gasteiger partial charge in [0, 0.05) is 12.2 Å². The molecular weight excluding hydrogens is 261 g/mol. The van der Waals surface area contributed by atoms with Gasteiger partial charge in [0.1, 0.15) is 16.6 Å². The van der Waals surface area contributed by atoms with Crippen molar-refractivity contribution >= 4 is 28.7 Å². The summed E-state index contributed by atoms with van der Waals surface area (Å²) in [6, 6.07) is 11.8. The Morgan fingerprint density at radius 2 is 2.05 bits per heavy atom. The first-order valence-corrected chi connectivity index (χ1v) is 6.32. The van der Waals surface area contributed by atoms with E-state index in [0.717, 1.165) is 5.69 Å². The van der Waals surface area contributed by atoms with Crippen LogP contribution >= 0.6 is 12.2 Å². The first-order valence-electron chi connectivity index (χ1n) is 5.91. The summed E-state index contributed by atoms with van der Waals surface area (Å²) in [7, 11) is 0. The molecular formula is C14H14FN3S. The van der Waals surface area contributed by atoms with E-state index in [1.807, 2.05) is 30.0 Å². The normalized spacial score (nSPS) is 10.2. The Labute approximate surface area is 116 Å². The molecule has 19 heavy (non-hydrogen) atoms.